The van der Waals surface area contributed by atoms with Gasteiger partial charge in [-0.2, -0.15) is 0 Å². The third-order valence-electron chi connectivity index (χ3n) is 3.76. The summed E-state index contributed by atoms with van der Waals surface area (Å²) in [5.74, 6) is -0.754. The number of nitrogens with one attached hydrogen (secondary N) is 2. The van der Waals surface area contributed by atoms with Gasteiger partial charge in [-0.1, -0.05) is 6.07 Å². The molecule has 0 unspecified atom stereocenters. The summed E-state index contributed by atoms with van der Waals surface area (Å²) < 4.78 is 12.9. The molecule has 2 amide bonds. The second-order valence-electron chi connectivity index (χ2n) is 5.78. The van der Waals surface area contributed by atoms with Crippen LogP contribution in [-0.2, 0) is 17.6 Å². The molecule has 0 saturated heterocycles. The van der Waals surface area contributed by atoms with E-state index >= 15 is 0 Å². The number of rotatable bonds is 8. The number of halogens is 1. The number of thiophene rings is 1. The van der Waals surface area contributed by atoms with Gasteiger partial charge in [0.25, 0.3) is 5.91 Å². The van der Waals surface area contributed by atoms with Crippen LogP contribution in [0.1, 0.15) is 27.3 Å². The zero-order valence-corrected chi connectivity index (χ0v) is 16.0. The Morgan fingerprint density at radius 1 is 1.07 bits per heavy atom. The van der Waals surface area contributed by atoms with Crippen molar-refractivity contribution in [1.29, 1.82) is 0 Å². The molecule has 2 N–H and O–H groups in total. The first-order valence-electron chi connectivity index (χ1n) is 8.40. The normalized spacial score (nSPS) is 10.6. The van der Waals surface area contributed by atoms with Gasteiger partial charge in [-0.15, -0.1) is 22.7 Å². The average Bonchev–Trinajstić information content (AvgIpc) is 3.32. The monoisotopic (exact) mass is 403 g/mol. The van der Waals surface area contributed by atoms with Crippen molar-refractivity contribution >= 4 is 39.6 Å². The maximum atomic E-state index is 12.9. The minimum atomic E-state index is -0.392. The molecule has 2 aromatic heterocycles. The van der Waals surface area contributed by atoms with Gasteiger partial charge < -0.3 is 5.32 Å². The van der Waals surface area contributed by atoms with Crippen molar-refractivity contribution in [3.05, 3.63) is 69.1 Å². The highest BCUT2D eigenvalue weighted by Crippen LogP contribution is 2.18. The molecule has 0 radical (unpaired) electrons. The molecular weight excluding hydrogens is 385 g/mol. The number of nitrogens with zero attached hydrogens (tertiary/aromatic N) is 1. The molecule has 27 heavy (non-hydrogen) atoms. The number of carbonyl (C=O) groups is 2. The fraction of sp³-hybridized carbons (Fsp3) is 0.211. The van der Waals surface area contributed by atoms with E-state index in [0.29, 0.717) is 30.1 Å². The first kappa shape index (κ1) is 19.2. The average molecular weight is 404 g/mol. The van der Waals surface area contributed by atoms with Crippen LogP contribution in [0.5, 0.6) is 0 Å². The molecule has 0 aliphatic rings. The van der Waals surface area contributed by atoms with E-state index in [1.807, 2.05) is 22.9 Å². The van der Waals surface area contributed by atoms with Crippen LogP contribution in [0.15, 0.2) is 47.2 Å². The molecule has 8 heteroatoms. The zero-order valence-electron chi connectivity index (χ0n) is 14.4. The molecule has 2 heterocycles. The topological polar surface area (TPSA) is 71.1 Å². The van der Waals surface area contributed by atoms with Crippen molar-refractivity contribution in [1.82, 2.24) is 10.3 Å². The van der Waals surface area contributed by atoms with E-state index in [2.05, 4.69) is 15.6 Å². The summed E-state index contributed by atoms with van der Waals surface area (Å²) >= 11 is 2.97. The van der Waals surface area contributed by atoms with Crippen molar-refractivity contribution in [3.63, 3.8) is 0 Å². The summed E-state index contributed by atoms with van der Waals surface area (Å²) in [5.41, 5.74) is 1.11. The predicted molar refractivity (Wildman–Crippen MR) is 106 cm³/mol. The Labute approximate surface area is 164 Å². The predicted octanol–water partition coefficient (Wildman–Crippen LogP) is 3.89. The zero-order chi connectivity index (χ0) is 19.1. The molecule has 0 fully saturated rings. The van der Waals surface area contributed by atoms with Crippen LogP contribution in [-0.4, -0.2) is 23.3 Å². The summed E-state index contributed by atoms with van der Waals surface area (Å²) in [6.07, 6.45) is 1.69. The lowest BCUT2D eigenvalue weighted by atomic mass is 10.2. The van der Waals surface area contributed by atoms with Crippen LogP contribution >= 0.6 is 22.7 Å². The molecule has 0 spiro atoms. The molecule has 0 aliphatic carbocycles. The minimum Gasteiger partial charge on any atom is -0.356 e. The van der Waals surface area contributed by atoms with Crippen molar-refractivity contribution in [2.75, 3.05) is 11.9 Å². The maximum absolute atomic E-state index is 12.9. The molecule has 5 nitrogen and oxygen atoms in total. The molecule has 0 aliphatic heterocycles. The SMILES string of the molecule is O=C(CCc1csc(NC(=O)c2ccc(F)cc2)n1)NCCc1cccs1. The van der Waals surface area contributed by atoms with Crippen LogP contribution in [0.25, 0.3) is 0 Å². The Morgan fingerprint density at radius 2 is 1.89 bits per heavy atom. The van der Waals surface area contributed by atoms with Crippen molar-refractivity contribution in [2.45, 2.75) is 19.3 Å². The highest BCUT2D eigenvalue weighted by molar-refractivity contribution is 7.14. The standard InChI is InChI=1S/C19H18FN3O2S2/c20-14-5-3-13(4-6-14)18(25)23-19-22-15(12-27-19)7-8-17(24)21-10-9-16-2-1-11-26-16/h1-6,11-12H,7-10H2,(H,21,24)(H,22,23,25). The molecule has 140 valence electrons. The number of anilines is 1. The van der Waals surface area contributed by atoms with Gasteiger partial charge in [0.2, 0.25) is 5.91 Å². The lowest BCUT2D eigenvalue weighted by Crippen LogP contribution is -2.25. The van der Waals surface area contributed by atoms with Crippen LogP contribution in [0, 0.1) is 5.82 Å². The quantitative estimate of drug-likeness (QED) is 0.599. The van der Waals surface area contributed by atoms with Gasteiger partial charge in [-0.25, -0.2) is 9.37 Å². The highest BCUT2D eigenvalue weighted by Gasteiger charge is 2.10. The number of aromatic nitrogens is 1. The van der Waals surface area contributed by atoms with Gasteiger partial charge in [0.1, 0.15) is 5.82 Å². The number of carbonyl (C=O) groups excluding carboxylic acids is 2. The molecule has 1 aromatic carbocycles. The Kier molecular flexibility index (Phi) is 6.67. The van der Waals surface area contributed by atoms with Gasteiger partial charge in [-0.05, 0) is 48.6 Å². The number of hydrogen-bond donors (Lipinski definition) is 2. The third-order valence-corrected chi connectivity index (χ3v) is 5.50. The lowest BCUT2D eigenvalue weighted by Gasteiger charge is -2.03. The van der Waals surface area contributed by atoms with Crippen LogP contribution in [0.3, 0.4) is 0 Å². The highest BCUT2D eigenvalue weighted by atomic mass is 32.1. The number of benzene rings is 1. The van der Waals surface area contributed by atoms with Crippen LogP contribution < -0.4 is 10.6 Å². The Morgan fingerprint density at radius 3 is 2.63 bits per heavy atom. The molecule has 0 bridgehead atoms. The number of thiazole rings is 1. The van der Waals surface area contributed by atoms with E-state index in [1.165, 1.54) is 40.5 Å². The number of hydrogen-bond acceptors (Lipinski definition) is 5. The van der Waals surface area contributed by atoms with E-state index in [0.717, 1.165) is 12.1 Å². The van der Waals surface area contributed by atoms with Crippen molar-refractivity contribution in [3.8, 4) is 0 Å². The largest absolute Gasteiger partial charge is 0.356 e. The summed E-state index contributed by atoms with van der Waals surface area (Å²) in [5, 5.41) is 9.88. The Balaban J connectivity index is 1.41. The second-order valence-corrected chi connectivity index (χ2v) is 7.67. The maximum Gasteiger partial charge on any atom is 0.257 e. The van der Waals surface area contributed by atoms with Gasteiger partial charge in [0.15, 0.2) is 5.13 Å². The summed E-state index contributed by atoms with van der Waals surface area (Å²) in [4.78, 5) is 29.6. The van der Waals surface area contributed by atoms with Crippen molar-refractivity contribution < 1.29 is 14.0 Å². The first-order valence-corrected chi connectivity index (χ1v) is 10.2. The third kappa shape index (κ3) is 5.97. The van der Waals surface area contributed by atoms with E-state index in [4.69, 9.17) is 0 Å². The summed E-state index contributed by atoms with van der Waals surface area (Å²) in [6, 6.07) is 9.35. The number of aryl methyl sites for hydroxylation is 1. The smallest absolute Gasteiger partial charge is 0.257 e. The fourth-order valence-electron chi connectivity index (χ4n) is 2.36. The molecule has 3 aromatic rings. The van der Waals surface area contributed by atoms with E-state index in [9.17, 15) is 14.0 Å². The van der Waals surface area contributed by atoms with Gasteiger partial charge in [0, 0.05) is 28.8 Å². The Bertz CT molecular complexity index is 892. The summed E-state index contributed by atoms with van der Waals surface area (Å²) in [6.45, 7) is 0.620. The molecule has 3 rings (SSSR count). The van der Waals surface area contributed by atoms with E-state index < -0.39 is 5.82 Å². The van der Waals surface area contributed by atoms with Gasteiger partial charge >= 0.3 is 0 Å². The van der Waals surface area contributed by atoms with E-state index in [1.54, 1.807) is 11.3 Å². The Hall–Kier alpha value is -2.58. The van der Waals surface area contributed by atoms with Gasteiger partial charge in [0.05, 0.1) is 5.69 Å². The fourth-order valence-corrected chi connectivity index (χ4v) is 3.81. The van der Waals surface area contributed by atoms with E-state index in [-0.39, 0.29) is 11.8 Å². The second kappa shape index (κ2) is 9.38. The van der Waals surface area contributed by atoms with Crippen LogP contribution in [0.4, 0.5) is 9.52 Å². The van der Waals surface area contributed by atoms with Gasteiger partial charge in [-0.3, -0.25) is 14.9 Å². The molecular formula is C19H18FN3O2S2. The summed E-state index contributed by atoms with van der Waals surface area (Å²) in [7, 11) is 0. The number of amides is 2. The molecule has 0 atom stereocenters. The molecule has 0 saturated carbocycles. The lowest BCUT2D eigenvalue weighted by molar-refractivity contribution is -0.121. The first-order chi connectivity index (χ1) is 13.1. The van der Waals surface area contributed by atoms with Crippen molar-refractivity contribution in [2.24, 2.45) is 0 Å². The minimum absolute atomic E-state index is 0.0172. The van der Waals surface area contributed by atoms with Crippen LogP contribution in [0.2, 0.25) is 0 Å².